The van der Waals surface area contributed by atoms with Crippen LogP contribution in [0.25, 0.3) is 22.2 Å². The summed E-state index contributed by atoms with van der Waals surface area (Å²) in [5.41, 5.74) is -3.74. The number of methoxy groups -OCH3 is 1. The molecule has 4 heterocycles. The molecule has 36 heavy (non-hydrogen) atoms. The third-order valence-corrected chi connectivity index (χ3v) is 5.33. The number of anilines is 1. The minimum atomic E-state index is -5.01. The van der Waals surface area contributed by atoms with E-state index in [1.807, 2.05) is 0 Å². The number of pyridine rings is 2. The van der Waals surface area contributed by atoms with E-state index in [0.717, 1.165) is 24.0 Å². The van der Waals surface area contributed by atoms with Gasteiger partial charge < -0.3 is 14.6 Å². The van der Waals surface area contributed by atoms with Crippen molar-refractivity contribution in [1.29, 1.82) is 0 Å². The number of amides is 1. The predicted octanol–water partition coefficient (Wildman–Crippen LogP) is 4.77. The average Bonchev–Trinajstić information content (AvgIpc) is 3.35. The predicted molar refractivity (Wildman–Crippen MR) is 116 cm³/mol. The molecule has 0 unspecified atom stereocenters. The summed E-state index contributed by atoms with van der Waals surface area (Å²) in [4.78, 5) is 20.1. The number of carbonyl (C=O) groups excluding carboxylic acids is 1. The van der Waals surface area contributed by atoms with E-state index in [1.54, 1.807) is 4.57 Å². The van der Waals surface area contributed by atoms with Gasteiger partial charge in [-0.05, 0) is 18.2 Å². The fourth-order valence-electron chi connectivity index (χ4n) is 3.80. The van der Waals surface area contributed by atoms with Crippen molar-refractivity contribution in [2.45, 2.75) is 18.9 Å². The summed E-state index contributed by atoms with van der Waals surface area (Å²) in [6, 6.07) is 3.09. The molecule has 0 saturated heterocycles. The maximum absolute atomic E-state index is 14.3. The summed E-state index contributed by atoms with van der Waals surface area (Å²) in [5.74, 6) is -1.28. The largest absolute Gasteiger partial charge is 0.433 e. The zero-order valence-electron chi connectivity index (χ0n) is 18.8. The minimum absolute atomic E-state index is 0.105. The molecule has 4 aromatic rings. The lowest BCUT2D eigenvalue weighted by atomic mass is 10.0. The van der Waals surface area contributed by atoms with Gasteiger partial charge in [-0.15, -0.1) is 0 Å². The zero-order valence-corrected chi connectivity index (χ0v) is 18.8. The fourth-order valence-corrected chi connectivity index (χ4v) is 3.80. The first-order valence-corrected chi connectivity index (χ1v) is 10.3. The van der Waals surface area contributed by atoms with E-state index in [4.69, 9.17) is 4.74 Å². The lowest BCUT2D eigenvalue weighted by molar-refractivity contribution is -0.141. The van der Waals surface area contributed by atoms with Gasteiger partial charge in [-0.3, -0.25) is 19.4 Å². The molecule has 0 aliphatic carbocycles. The summed E-state index contributed by atoms with van der Waals surface area (Å²) in [6.45, 7) is 0.607. The van der Waals surface area contributed by atoms with E-state index >= 15 is 0 Å². The molecule has 4 rings (SSSR count). The maximum atomic E-state index is 14.3. The van der Waals surface area contributed by atoms with E-state index < -0.39 is 40.9 Å². The summed E-state index contributed by atoms with van der Waals surface area (Å²) in [5, 5.41) is 6.49. The number of aryl methyl sites for hydroxylation is 1. The van der Waals surface area contributed by atoms with Gasteiger partial charge in [-0.2, -0.15) is 31.4 Å². The number of rotatable bonds is 6. The molecule has 14 heteroatoms. The number of fused-ring (bicyclic) bond motifs is 1. The van der Waals surface area contributed by atoms with Crippen LogP contribution in [0.5, 0.6) is 0 Å². The van der Waals surface area contributed by atoms with Crippen molar-refractivity contribution in [3.63, 3.8) is 0 Å². The molecule has 8 nitrogen and oxygen atoms in total. The molecule has 1 N–H and O–H groups in total. The number of halogens is 6. The maximum Gasteiger partial charge on any atom is 0.433 e. The van der Waals surface area contributed by atoms with Crippen LogP contribution < -0.4 is 5.32 Å². The van der Waals surface area contributed by atoms with Gasteiger partial charge in [0.25, 0.3) is 5.91 Å². The second kappa shape index (κ2) is 9.26. The Hall–Kier alpha value is -3.94. The summed E-state index contributed by atoms with van der Waals surface area (Å²) in [7, 11) is 2.63. The Morgan fingerprint density at radius 3 is 2.53 bits per heavy atom. The number of nitrogens with zero attached hydrogens (tertiary/aromatic N) is 5. The number of alkyl halides is 6. The molecule has 0 atom stereocenters. The highest BCUT2D eigenvalue weighted by atomic mass is 19.4. The number of ether oxygens (including phenoxy) is 1. The molecule has 1 amide bonds. The third kappa shape index (κ3) is 4.76. The van der Waals surface area contributed by atoms with Crippen LogP contribution in [0.4, 0.5) is 32.0 Å². The molecular weight excluding hydrogens is 494 g/mol. The van der Waals surface area contributed by atoms with Crippen LogP contribution in [0.3, 0.4) is 0 Å². The van der Waals surface area contributed by atoms with Crippen molar-refractivity contribution < 1.29 is 35.9 Å². The highest BCUT2D eigenvalue weighted by molar-refractivity contribution is 6.06. The number of hydrogen-bond donors (Lipinski definition) is 1. The van der Waals surface area contributed by atoms with E-state index in [1.165, 1.54) is 31.8 Å². The molecular formula is C22H18F6N6O2. The first kappa shape index (κ1) is 25.2. The van der Waals surface area contributed by atoms with Gasteiger partial charge in [0.05, 0.1) is 18.3 Å². The smallest absolute Gasteiger partial charge is 0.383 e. The van der Waals surface area contributed by atoms with Crippen molar-refractivity contribution >= 4 is 22.5 Å². The fraction of sp³-hybridized carbons (Fsp3) is 0.273. The van der Waals surface area contributed by atoms with Gasteiger partial charge >= 0.3 is 12.4 Å². The normalized spacial score (nSPS) is 12.3. The van der Waals surface area contributed by atoms with Crippen LogP contribution in [0.2, 0.25) is 0 Å². The monoisotopic (exact) mass is 512 g/mol. The van der Waals surface area contributed by atoms with Gasteiger partial charge in [0.1, 0.15) is 22.6 Å². The Morgan fingerprint density at radius 2 is 1.86 bits per heavy atom. The Morgan fingerprint density at radius 1 is 1.11 bits per heavy atom. The molecule has 0 saturated carbocycles. The first-order chi connectivity index (χ1) is 16.9. The van der Waals surface area contributed by atoms with Crippen molar-refractivity contribution in [2.24, 2.45) is 7.05 Å². The molecule has 0 bridgehead atoms. The van der Waals surface area contributed by atoms with Crippen molar-refractivity contribution in [1.82, 2.24) is 24.3 Å². The van der Waals surface area contributed by atoms with Crippen LogP contribution in [-0.2, 0) is 30.7 Å². The standard InChI is InChI=1S/C22H18F6N6O2/c1-33-19(20(35)31-12-3-6-30-16(9-12)21(23,24)25)17(22(26,27)28)18(32-33)14-11-34(7-8-36-2)15-10-29-5-4-13(14)15/h3-6,9-11H,7-8H2,1-2H3,(H,30,31,35). The van der Waals surface area contributed by atoms with Crippen molar-refractivity contribution in [2.75, 3.05) is 19.0 Å². The zero-order chi connectivity index (χ0) is 26.3. The second-order valence-corrected chi connectivity index (χ2v) is 7.70. The van der Waals surface area contributed by atoms with Gasteiger partial charge in [-0.25, -0.2) is 0 Å². The summed E-state index contributed by atoms with van der Waals surface area (Å²) in [6.07, 6.45) is -4.66. The Kier molecular flexibility index (Phi) is 6.47. The summed E-state index contributed by atoms with van der Waals surface area (Å²) >= 11 is 0. The molecule has 4 aromatic heterocycles. The Balaban J connectivity index is 1.83. The highest BCUT2D eigenvalue weighted by Crippen LogP contribution is 2.42. The topological polar surface area (TPSA) is 86.9 Å². The molecule has 190 valence electrons. The lowest BCUT2D eigenvalue weighted by Crippen LogP contribution is -2.21. The van der Waals surface area contributed by atoms with Crippen LogP contribution in [-0.4, -0.2) is 43.9 Å². The third-order valence-electron chi connectivity index (χ3n) is 5.33. The molecule has 0 spiro atoms. The Bertz CT molecular complexity index is 1420. The minimum Gasteiger partial charge on any atom is -0.383 e. The van der Waals surface area contributed by atoms with Crippen LogP contribution in [0, 0.1) is 0 Å². The van der Waals surface area contributed by atoms with Crippen molar-refractivity contribution in [3.05, 3.63) is 59.9 Å². The van der Waals surface area contributed by atoms with Gasteiger partial charge in [0.15, 0.2) is 0 Å². The SMILES string of the molecule is COCCn1cc(-c2nn(C)c(C(=O)Nc3ccnc(C(F)(F)F)c3)c2C(F)(F)F)c2ccncc21. The number of carbonyl (C=O) groups is 1. The molecule has 0 fully saturated rings. The molecule has 0 aliphatic heterocycles. The van der Waals surface area contributed by atoms with Crippen LogP contribution in [0.15, 0.2) is 43.0 Å². The molecule has 0 aromatic carbocycles. The quantitative estimate of drug-likeness (QED) is 0.376. The van der Waals surface area contributed by atoms with Gasteiger partial charge in [0, 0.05) is 55.9 Å². The van der Waals surface area contributed by atoms with E-state index in [2.05, 4.69) is 20.4 Å². The van der Waals surface area contributed by atoms with E-state index in [9.17, 15) is 31.1 Å². The van der Waals surface area contributed by atoms with Crippen LogP contribution >= 0.6 is 0 Å². The van der Waals surface area contributed by atoms with Gasteiger partial charge in [-0.1, -0.05) is 0 Å². The van der Waals surface area contributed by atoms with Crippen molar-refractivity contribution in [3.8, 4) is 11.3 Å². The van der Waals surface area contributed by atoms with E-state index in [0.29, 0.717) is 23.5 Å². The second-order valence-electron chi connectivity index (χ2n) is 7.70. The Labute approximate surface area is 199 Å². The number of nitrogens with one attached hydrogen (secondary N) is 1. The highest BCUT2D eigenvalue weighted by Gasteiger charge is 2.43. The molecule has 0 radical (unpaired) electrons. The summed E-state index contributed by atoms with van der Waals surface area (Å²) < 4.78 is 89.3. The van der Waals surface area contributed by atoms with E-state index in [-0.39, 0.29) is 17.9 Å². The first-order valence-electron chi connectivity index (χ1n) is 10.3. The van der Waals surface area contributed by atoms with Crippen LogP contribution in [0.1, 0.15) is 21.7 Å². The number of hydrogen-bond acceptors (Lipinski definition) is 5. The lowest BCUT2D eigenvalue weighted by Gasteiger charge is -2.12. The van der Waals surface area contributed by atoms with Gasteiger partial charge in [0.2, 0.25) is 0 Å². The molecule has 0 aliphatic rings. The average molecular weight is 512 g/mol. The number of aromatic nitrogens is 5.